The Kier molecular flexibility index (Phi) is 5.28. The summed E-state index contributed by atoms with van der Waals surface area (Å²) < 4.78 is 10.4. The number of hydrogen-bond donors (Lipinski definition) is 2. The van der Waals surface area contributed by atoms with Crippen LogP contribution in [-0.2, 0) is 0 Å². The van der Waals surface area contributed by atoms with Crippen LogP contribution in [-0.4, -0.2) is 30.1 Å². The molecule has 3 rings (SSSR count). The maximum atomic E-state index is 12.4. The lowest BCUT2D eigenvalue weighted by molar-refractivity contribution is 0.102. The molecule has 0 bridgehead atoms. The van der Waals surface area contributed by atoms with E-state index < -0.39 is 0 Å². The Balaban J connectivity index is 1.70. The van der Waals surface area contributed by atoms with Gasteiger partial charge in [-0.05, 0) is 24.3 Å². The molecule has 0 saturated carbocycles. The van der Waals surface area contributed by atoms with Crippen molar-refractivity contribution >= 4 is 23.1 Å². The van der Waals surface area contributed by atoms with Crippen molar-refractivity contribution in [3.8, 4) is 11.5 Å². The number of nitrogens with one attached hydrogen (secondary N) is 2. The highest BCUT2D eigenvalue weighted by atomic mass is 16.5. The third-order valence-corrected chi connectivity index (χ3v) is 3.59. The number of rotatable bonds is 6. The van der Waals surface area contributed by atoms with Crippen molar-refractivity contribution in [2.24, 2.45) is 0 Å². The number of carbonyl (C=O) groups excluding carboxylic acids is 1. The van der Waals surface area contributed by atoms with E-state index in [2.05, 4.69) is 20.6 Å². The number of benzene rings is 2. The molecule has 0 aliphatic carbocycles. The molecule has 0 saturated heterocycles. The van der Waals surface area contributed by atoms with Crippen LogP contribution in [0, 0.1) is 0 Å². The van der Waals surface area contributed by atoms with Crippen molar-refractivity contribution < 1.29 is 14.3 Å². The molecule has 0 fully saturated rings. The van der Waals surface area contributed by atoms with Crippen molar-refractivity contribution in [1.82, 2.24) is 9.97 Å². The third kappa shape index (κ3) is 4.07. The second-order valence-corrected chi connectivity index (χ2v) is 5.30. The van der Waals surface area contributed by atoms with Gasteiger partial charge in [0.2, 0.25) is 0 Å². The molecule has 3 aromatic rings. The number of nitrogens with zero attached hydrogens (tertiary/aromatic N) is 2. The van der Waals surface area contributed by atoms with Gasteiger partial charge in [-0.3, -0.25) is 4.79 Å². The lowest BCUT2D eigenvalue weighted by Crippen LogP contribution is -2.15. The number of para-hydroxylation sites is 1. The fourth-order valence-electron chi connectivity index (χ4n) is 2.27. The van der Waals surface area contributed by atoms with Crippen LogP contribution < -0.4 is 20.1 Å². The molecule has 26 heavy (non-hydrogen) atoms. The topological polar surface area (TPSA) is 85.4 Å². The van der Waals surface area contributed by atoms with Crippen molar-refractivity contribution in [2.45, 2.75) is 0 Å². The molecular weight excluding hydrogens is 332 g/mol. The first kappa shape index (κ1) is 17.2. The first-order valence-electron chi connectivity index (χ1n) is 7.87. The smallest absolute Gasteiger partial charge is 0.275 e. The van der Waals surface area contributed by atoms with E-state index in [1.165, 1.54) is 19.5 Å². The molecule has 7 nitrogen and oxygen atoms in total. The van der Waals surface area contributed by atoms with Crippen LogP contribution in [0.4, 0.5) is 17.2 Å². The van der Waals surface area contributed by atoms with Gasteiger partial charge in [0.15, 0.2) is 0 Å². The van der Waals surface area contributed by atoms with E-state index >= 15 is 0 Å². The van der Waals surface area contributed by atoms with E-state index in [0.717, 1.165) is 5.69 Å². The average molecular weight is 350 g/mol. The lowest BCUT2D eigenvalue weighted by Gasteiger charge is -2.11. The van der Waals surface area contributed by atoms with Crippen LogP contribution in [0.2, 0.25) is 0 Å². The molecule has 0 aliphatic rings. The molecule has 0 aliphatic heterocycles. The Bertz CT molecular complexity index is 883. The number of amides is 1. The van der Waals surface area contributed by atoms with Gasteiger partial charge in [0.05, 0.1) is 32.3 Å². The summed E-state index contributed by atoms with van der Waals surface area (Å²) in [5, 5.41) is 5.87. The average Bonchev–Trinajstić information content (AvgIpc) is 2.69. The SMILES string of the molecule is COc1ccc(NC(=O)c2cnc(Nc3ccccc3)cn2)c(OC)c1. The van der Waals surface area contributed by atoms with Gasteiger partial charge in [0, 0.05) is 11.8 Å². The fraction of sp³-hybridized carbons (Fsp3) is 0.105. The zero-order valence-corrected chi connectivity index (χ0v) is 14.4. The van der Waals surface area contributed by atoms with Gasteiger partial charge in [-0.1, -0.05) is 18.2 Å². The second-order valence-electron chi connectivity index (χ2n) is 5.30. The van der Waals surface area contributed by atoms with Gasteiger partial charge in [-0.2, -0.15) is 0 Å². The molecule has 1 amide bonds. The maximum Gasteiger partial charge on any atom is 0.275 e. The molecule has 0 unspecified atom stereocenters. The lowest BCUT2D eigenvalue weighted by atomic mass is 10.2. The van der Waals surface area contributed by atoms with E-state index in [1.807, 2.05) is 30.3 Å². The zero-order chi connectivity index (χ0) is 18.4. The molecule has 2 N–H and O–H groups in total. The van der Waals surface area contributed by atoms with E-state index in [4.69, 9.17) is 9.47 Å². The first-order chi connectivity index (χ1) is 12.7. The van der Waals surface area contributed by atoms with Crippen LogP contribution in [0.15, 0.2) is 60.9 Å². The molecule has 7 heteroatoms. The van der Waals surface area contributed by atoms with Gasteiger partial charge in [-0.25, -0.2) is 9.97 Å². The number of methoxy groups -OCH3 is 2. The van der Waals surface area contributed by atoms with Gasteiger partial charge in [0.1, 0.15) is 23.0 Å². The zero-order valence-electron chi connectivity index (χ0n) is 14.4. The number of anilines is 3. The molecule has 0 spiro atoms. The molecular formula is C19H18N4O3. The third-order valence-electron chi connectivity index (χ3n) is 3.59. The van der Waals surface area contributed by atoms with Crippen LogP contribution in [0.1, 0.15) is 10.5 Å². The molecule has 132 valence electrons. The highest BCUT2D eigenvalue weighted by molar-refractivity contribution is 6.03. The van der Waals surface area contributed by atoms with Crippen molar-refractivity contribution in [1.29, 1.82) is 0 Å². The summed E-state index contributed by atoms with van der Waals surface area (Å²) in [6.45, 7) is 0. The van der Waals surface area contributed by atoms with E-state index in [-0.39, 0.29) is 11.6 Å². The van der Waals surface area contributed by atoms with Crippen LogP contribution >= 0.6 is 0 Å². The predicted octanol–water partition coefficient (Wildman–Crippen LogP) is 3.49. The van der Waals surface area contributed by atoms with E-state index in [0.29, 0.717) is 23.0 Å². The molecule has 2 aromatic carbocycles. The van der Waals surface area contributed by atoms with Gasteiger partial charge in [-0.15, -0.1) is 0 Å². The molecule has 1 heterocycles. The summed E-state index contributed by atoms with van der Waals surface area (Å²) in [5.74, 6) is 1.30. The van der Waals surface area contributed by atoms with Gasteiger partial charge >= 0.3 is 0 Å². The number of hydrogen-bond acceptors (Lipinski definition) is 6. The van der Waals surface area contributed by atoms with Crippen molar-refractivity contribution in [3.05, 3.63) is 66.6 Å². The van der Waals surface area contributed by atoms with Crippen LogP contribution in [0.5, 0.6) is 11.5 Å². The standard InChI is InChI=1S/C19H18N4O3/c1-25-14-8-9-15(17(10-14)26-2)23-19(24)16-11-21-18(12-20-16)22-13-6-4-3-5-7-13/h3-12H,1-2H3,(H,21,22)(H,23,24). The van der Waals surface area contributed by atoms with Crippen LogP contribution in [0.3, 0.4) is 0 Å². The molecule has 1 aromatic heterocycles. The Hall–Kier alpha value is -3.61. The minimum absolute atomic E-state index is 0.196. The monoisotopic (exact) mass is 350 g/mol. The van der Waals surface area contributed by atoms with Gasteiger partial charge < -0.3 is 20.1 Å². The highest BCUT2D eigenvalue weighted by Crippen LogP contribution is 2.29. The predicted molar refractivity (Wildman–Crippen MR) is 99.3 cm³/mol. The highest BCUT2D eigenvalue weighted by Gasteiger charge is 2.12. The summed E-state index contributed by atoms with van der Waals surface area (Å²) in [6, 6.07) is 14.7. The Morgan fingerprint density at radius 1 is 0.962 bits per heavy atom. The summed E-state index contributed by atoms with van der Waals surface area (Å²) in [5.41, 5.74) is 1.61. The summed E-state index contributed by atoms with van der Waals surface area (Å²) >= 11 is 0. The largest absolute Gasteiger partial charge is 0.497 e. The second kappa shape index (κ2) is 7.98. The minimum atomic E-state index is -0.382. The maximum absolute atomic E-state index is 12.4. The number of ether oxygens (including phenoxy) is 2. The van der Waals surface area contributed by atoms with Crippen LogP contribution in [0.25, 0.3) is 0 Å². The minimum Gasteiger partial charge on any atom is -0.497 e. The number of carbonyl (C=O) groups is 1. The first-order valence-corrected chi connectivity index (χ1v) is 7.87. The molecule has 0 atom stereocenters. The van der Waals surface area contributed by atoms with E-state index in [1.54, 1.807) is 25.3 Å². The summed E-state index contributed by atoms with van der Waals surface area (Å²) in [7, 11) is 3.09. The normalized spacial score (nSPS) is 10.1. The quantitative estimate of drug-likeness (QED) is 0.708. The Morgan fingerprint density at radius 2 is 1.77 bits per heavy atom. The molecule has 0 radical (unpaired) electrons. The number of aromatic nitrogens is 2. The van der Waals surface area contributed by atoms with Gasteiger partial charge in [0.25, 0.3) is 5.91 Å². The van der Waals surface area contributed by atoms with E-state index in [9.17, 15) is 4.79 Å². The Labute approximate surface area is 151 Å². The van der Waals surface area contributed by atoms with Crippen molar-refractivity contribution in [2.75, 3.05) is 24.9 Å². The summed E-state index contributed by atoms with van der Waals surface area (Å²) in [4.78, 5) is 20.8. The fourth-order valence-corrected chi connectivity index (χ4v) is 2.27. The Morgan fingerprint density at radius 3 is 2.42 bits per heavy atom. The van der Waals surface area contributed by atoms with Crippen molar-refractivity contribution in [3.63, 3.8) is 0 Å². The summed E-state index contributed by atoms with van der Waals surface area (Å²) in [6.07, 6.45) is 2.92.